The zero-order chi connectivity index (χ0) is 9.84. The van der Waals surface area contributed by atoms with Crippen molar-refractivity contribution >= 4 is 5.57 Å². The molecular formula is C12H13F. The number of benzene rings is 1. The molecule has 1 aromatic rings. The molecule has 0 aliphatic carbocycles. The molecule has 0 fully saturated rings. The van der Waals surface area contributed by atoms with E-state index in [1.807, 2.05) is 31.2 Å². The van der Waals surface area contributed by atoms with Crippen LogP contribution in [-0.2, 0) is 0 Å². The number of halogens is 1. The topological polar surface area (TPSA) is 0 Å². The van der Waals surface area contributed by atoms with Crippen molar-refractivity contribution in [2.24, 2.45) is 0 Å². The molecule has 0 aromatic heterocycles. The summed E-state index contributed by atoms with van der Waals surface area (Å²) in [5, 5.41) is 0. The van der Waals surface area contributed by atoms with Crippen molar-refractivity contribution in [3.8, 4) is 0 Å². The summed E-state index contributed by atoms with van der Waals surface area (Å²) in [4.78, 5) is 0. The third kappa shape index (κ3) is 2.28. The third-order valence-corrected chi connectivity index (χ3v) is 1.94. The van der Waals surface area contributed by atoms with Crippen LogP contribution in [0.15, 0.2) is 42.7 Å². The Bertz CT molecular complexity index is 331. The molecule has 0 atom stereocenters. The van der Waals surface area contributed by atoms with Crippen molar-refractivity contribution < 1.29 is 4.39 Å². The Labute approximate surface area is 78.4 Å². The predicted octanol–water partition coefficient (Wildman–Crippen LogP) is 3.88. The van der Waals surface area contributed by atoms with E-state index in [9.17, 15) is 4.39 Å². The van der Waals surface area contributed by atoms with E-state index in [1.165, 1.54) is 5.56 Å². The fraction of sp³-hybridized carbons (Fsp3) is 0.167. The Balaban J connectivity index is 3.07. The Hall–Kier alpha value is -1.37. The lowest BCUT2D eigenvalue weighted by Gasteiger charge is -2.03. The zero-order valence-corrected chi connectivity index (χ0v) is 7.97. The molecule has 0 N–H and O–H groups in total. The quantitative estimate of drug-likeness (QED) is 0.600. The molecule has 0 spiro atoms. The number of aryl methyl sites for hydroxylation is 1. The molecule has 0 saturated carbocycles. The van der Waals surface area contributed by atoms with Gasteiger partial charge in [-0.05, 0) is 19.4 Å². The van der Waals surface area contributed by atoms with Crippen LogP contribution in [0.1, 0.15) is 18.1 Å². The SMILES string of the molecule is C=C(F)/C(=C\C)c1ccc(C)cc1. The first-order valence-electron chi connectivity index (χ1n) is 4.23. The summed E-state index contributed by atoms with van der Waals surface area (Å²) in [5.41, 5.74) is 2.62. The first-order valence-corrected chi connectivity index (χ1v) is 4.23. The van der Waals surface area contributed by atoms with Gasteiger partial charge in [-0.3, -0.25) is 0 Å². The Morgan fingerprint density at radius 1 is 1.31 bits per heavy atom. The first-order chi connectivity index (χ1) is 6.15. The average Bonchev–Trinajstić information content (AvgIpc) is 2.09. The molecule has 13 heavy (non-hydrogen) atoms. The summed E-state index contributed by atoms with van der Waals surface area (Å²) in [5.74, 6) is -0.383. The van der Waals surface area contributed by atoms with Crippen LogP contribution in [0.25, 0.3) is 5.57 Å². The van der Waals surface area contributed by atoms with E-state index in [-0.39, 0.29) is 5.83 Å². The van der Waals surface area contributed by atoms with Crippen LogP contribution in [0.4, 0.5) is 4.39 Å². The molecule has 1 rings (SSSR count). The lowest BCUT2D eigenvalue weighted by atomic mass is 10.0. The number of allylic oxidation sites excluding steroid dienone is 3. The summed E-state index contributed by atoms with van der Waals surface area (Å²) < 4.78 is 12.9. The van der Waals surface area contributed by atoms with Crippen molar-refractivity contribution in [3.63, 3.8) is 0 Å². The van der Waals surface area contributed by atoms with Gasteiger partial charge in [0.25, 0.3) is 0 Å². The Kier molecular flexibility index (Phi) is 3.02. The second-order valence-electron chi connectivity index (χ2n) is 2.97. The molecule has 0 aliphatic heterocycles. The van der Waals surface area contributed by atoms with Crippen LogP contribution >= 0.6 is 0 Å². The second kappa shape index (κ2) is 4.04. The standard InChI is InChI=1S/C12H13F/c1-4-12(10(3)13)11-7-5-9(2)6-8-11/h4-8H,3H2,1-2H3/b12-4+. The average molecular weight is 176 g/mol. The van der Waals surface area contributed by atoms with Gasteiger partial charge in [0.15, 0.2) is 0 Å². The lowest BCUT2D eigenvalue weighted by molar-refractivity contribution is 0.678. The molecule has 0 saturated heterocycles. The molecule has 68 valence electrons. The highest BCUT2D eigenvalue weighted by molar-refractivity contribution is 5.76. The van der Waals surface area contributed by atoms with Gasteiger partial charge in [-0.25, -0.2) is 4.39 Å². The fourth-order valence-corrected chi connectivity index (χ4v) is 1.21. The highest BCUT2D eigenvalue weighted by Gasteiger charge is 2.02. The van der Waals surface area contributed by atoms with Crippen molar-refractivity contribution in [3.05, 3.63) is 53.9 Å². The maximum atomic E-state index is 12.9. The summed E-state index contributed by atoms with van der Waals surface area (Å²) >= 11 is 0. The van der Waals surface area contributed by atoms with Crippen LogP contribution in [-0.4, -0.2) is 0 Å². The van der Waals surface area contributed by atoms with Crippen LogP contribution in [0.2, 0.25) is 0 Å². The van der Waals surface area contributed by atoms with Crippen molar-refractivity contribution in [2.45, 2.75) is 13.8 Å². The van der Waals surface area contributed by atoms with Crippen molar-refractivity contribution in [1.29, 1.82) is 0 Å². The minimum atomic E-state index is -0.383. The number of hydrogen-bond acceptors (Lipinski definition) is 0. The van der Waals surface area contributed by atoms with Gasteiger partial charge < -0.3 is 0 Å². The molecule has 1 heteroatoms. The van der Waals surface area contributed by atoms with Gasteiger partial charge >= 0.3 is 0 Å². The van der Waals surface area contributed by atoms with Crippen LogP contribution in [0.3, 0.4) is 0 Å². The van der Waals surface area contributed by atoms with Crippen LogP contribution < -0.4 is 0 Å². The second-order valence-corrected chi connectivity index (χ2v) is 2.97. The minimum absolute atomic E-state index is 0.383. The van der Waals surface area contributed by atoms with E-state index in [4.69, 9.17) is 0 Å². The lowest BCUT2D eigenvalue weighted by Crippen LogP contribution is -1.84. The summed E-state index contributed by atoms with van der Waals surface area (Å²) in [6, 6.07) is 7.72. The maximum absolute atomic E-state index is 12.9. The van der Waals surface area contributed by atoms with Gasteiger partial charge in [0.05, 0.1) is 0 Å². The number of hydrogen-bond donors (Lipinski definition) is 0. The van der Waals surface area contributed by atoms with E-state index in [1.54, 1.807) is 13.0 Å². The molecule has 1 aromatic carbocycles. The van der Waals surface area contributed by atoms with E-state index < -0.39 is 0 Å². The molecule has 0 unspecified atom stereocenters. The fourth-order valence-electron chi connectivity index (χ4n) is 1.21. The molecular weight excluding hydrogens is 163 g/mol. The maximum Gasteiger partial charge on any atom is 0.123 e. The zero-order valence-electron chi connectivity index (χ0n) is 7.97. The van der Waals surface area contributed by atoms with Crippen LogP contribution in [0.5, 0.6) is 0 Å². The van der Waals surface area contributed by atoms with Gasteiger partial charge in [0.2, 0.25) is 0 Å². The van der Waals surface area contributed by atoms with E-state index in [0.717, 1.165) is 5.56 Å². The number of rotatable bonds is 2. The monoisotopic (exact) mass is 176 g/mol. The summed E-state index contributed by atoms with van der Waals surface area (Å²) in [6.07, 6.45) is 1.73. The van der Waals surface area contributed by atoms with Gasteiger partial charge in [-0.2, -0.15) is 0 Å². The van der Waals surface area contributed by atoms with Crippen LogP contribution in [0, 0.1) is 6.92 Å². The van der Waals surface area contributed by atoms with E-state index >= 15 is 0 Å². The van der Waals surface area contributed by atoms with Crippen molar-refractivity contribution in [1.82, 2.24) is 0 Å². The van der Waals surface area contributed by atoms with Gasteiger partial charge in [-0.1, -0.05) is 42.5 Å². The Morgan fingerprint density at radius 3 is 2.23 bits per heavy atom. The van der Waals surface area contributed by atoms with E-state index in [2.05, 4.69) is 6.58 Å². The Morgan fingerprint density at radius 2 is 1.85 bits per heavy atom. The summed E-state index contributed by atoms with van der Waals surface area (Å²) in [7, 11) is 0. The first kappa shape index (κ1) is 9.72. The smallest absolute Gasteiger partial charge is 0.123 e. The van der Waals surface area contributed by atoms with Gasteiger partial charge in [0.1, 0.15) is 5.83 Å². The third-order valence-electron chi connectivity index (χ3n) is 1.94. The highest BCUT2D eigenvalue weighted by atomic mass is 19.1. The minimum Gasteiger partial charge on any atom is -0.207 e. The van der Waals surface area contributed by atoms with Gasteiger partial charge in [-0.15, -0.1) is 0 Å². The highest BCUT2D eigenvalue weighted by Crippen LogP contribution is 2.22. The largest absolute Gasteiger partial charge is 0.207 e. The van der Waals surface area contributed by atoms with Crippen molar-refractivity contribution in [2.75, 3.05) is 0 Å². The molecule has 0 aliphatic rings. The molecule has 0 heterocycles. The normalized spacial score (nSPS) is 11.5. The molecule has 0 amide bonds. The summed E-state index contributed by atoms with van der Waals surface area (Å²) in [6.45, 7) is 7.10. The van der Waals surface area contributed by atoms with E-state index in [0.29, 0.717) is 5.57 Å². The molecule has 0 nitrogen and oxygen atoms in total. The molecule has 0 radical (unpaired) electrons. The molecule has 0 bridgehead atoms. The predicted molar refractivity (Wildman–Crippen MR) is 55.1 cm³/mol. The van der Waals surface area contributed by atoms with Gasteiger partial charge in [0, 0.05) is 5.57 Å².